The lowest BCUT2D eigenvalue weighted by Gasteiger charge is -2.14. The van der Waals surface area contributed by atoms with Gasteiger partial charge in [-0.25, -0.2) is 0 Å². The molecule has 0 aliphatic heterocycles. The number of methoxy groups -OCH3 is 1. The van der Waals surface area contributed by atoms with Gasteiger partial charge in [0.2, 0.25) is 0 Å². The van der Waals surface area contributed by atoms with Gasteiger partial charge in [-0.3, -0.25) is 0 Å². The van der Waals surface area contributed by atoms with E-state index in [1.807, 2.05) is 19.1 Å². The Labute approximate surface area is 103 Å². The van der Waals surface area contributed by atoms with Crippen LogP contribution < -0.4 is 14.8 Å². The van der Waals surface area contributed by atoms with Gasteiger partial charge in [-0.2, -0.15) is 0 Å². The molecular weight excluding hydrogens is 214 g/mol. The van der Waals surface area contributed by atoms with Crippen LogP contribution in [0.2, 0.25) is 0 Å². The maximum atomic E-state index is 5.56. The first kappa shape index (κ1) is 12.2. The fourth-order valence-electron chi connectivity index (χ4n) is 2.05. The Morgan fingerprint density at radius 3 is 2.76 bits per heavy atom. The Morgan fingerprint density at radius 1 is 1.41 bits per heavy atom. The van der Waals surface area contributed by atoms with E-state index >= 15 is 0 Å². The second kappa shape index (κ2) is 5.41. The third kappa shape index (κ3) is 2.91. The van der Waals surface area contributed by atoms with Crippen LogP contribution in [0.1, 0.15) is 25.8 Å². The Balaban J connectivity index is 2.06. The molecule has 1 aromatic rings. The summed E-state index contributed by atoms with van der Waals surface area (Å²) in [5, 5.41) is 3.53. The van der Waals surface area contributed by atoms with Gasteiger partial charge in [0.05, 0.1) is 13.7 Å². The summed E-state index contributed by atoms with van der Waals surface area (Å²) in [6.45, 7) is 5.76. The SMILES string of the molecule is CCOc1cccc(CNC2CC2C)c1OC. The van der Waals surface area contributed by atoms with Gasteiger partial charge >= 0.3 is 0 Å². The standard InChI is InChI=1S/C14H21NO2/c1-4-17-13-7-5-6-11(14(13)16-3)9-15-12-8-10(12)2/h5-7,10,12,15H,4,8-9H2,1-3H3. The van der Waals surface area contributed by atoms with Crippen molar-refractivity contribution in [1.82, 2.24) is 5.32 Å². The molecule has 3 heteroatoms. The van der Waals surface area contributed by atoms with Crippen LogP contribution in [0.3, 0.4) is 0 Å². The number of para-hydroxylation sites is 1. The smallest absolute Gasteiger partial charge is 0.165 e. The summed E-state index contributed by atoms with van der Waals surface area (Å²) < 4.78 is 11.0. The van der Waals surface area contributed by atoms with Gasteiger partial charge < -0.3 is 14.8 Å². The fourth-order valence-corrected chi connectivity index (χ4v) is 2.05. The van der Waals surface area contributed by atoms with E-state index in [4.69, 9.17) is 9.47 Å². The number of rotatable bonds is 6. The summed E-state index contributed by atoms with van der Waals surface area (Å²) in [5.41, 5.74) is 1.16. The molecule has 2 rings (SSSR count). The van der Waals surface area contributed by atoms with Crippen molar-refractivity contribution < 1.29 is 9.47 Å². The molecule has 2 unspecified atom stereocenters. The van der Waals surface area contributed by atoms with Crippen molar-refractivity contribution in [2.24, 2.45) is 5.92 Å². The Bertz CT molecular complexity index is 378. The first-order valence-electron chi connectivity index (χ1n) is 6.28. The second-order valence-electron chi connectivity index (χ2n) is 4.58. The lowest BCUT2D eigenvalue weighted by atomic mass is 10.2. The summed E-state index contributed by atoms with van der Waals surface area (Å²) in [5.74, 6) is 2.50. The normalized spacial score (nSPS) is 22.3. The van der Waals surface area contributed by atoms with Gasteiger partial charge in [0.15, 0.2) is 11.5 Å². The highest BCUT2D eigenvalue weighted by molar-refractivity contribution is 5.46. The third-order valence-corrected chi connectivity index (χ3v) is 3.23. The van der Waals surface area contributed by atoms with E-state index in [1.165, 1.54) is 6.42 Å². The summed E-state index contributed by atoms with van der Waals surface area (Å²) in [7, 11) is 1.70. The van der Waals surface area contributed by atoms with Crippen LogP contribution in [0, 0.1) is 5.92 Å². The van der Waals surface area contributed by atoms with Crippen molar-refractivity contribution in [3.8, 4) is 11.5 Å². The van der Waals surface area contributed by atoms with E-state index in [0.717, 1.165) is 29.5 Å². The second-order valence-corrected chi connectivity index (χ2v) is 4.58. The molecule has 1 aliphatic carbocycles. The van der Waals surface area contributed by atoms with Crippen LogP contribution in [0.15, 0.2) is 18.2 Å². The number of ether oxygens (including phenoxy) is 2. The first-order valence-corrected chi connectivity index (χ1v) is 6.28. The van der Waals surface area contributed by atoms with Crippen molar-refractivity contribution in [2.45, 2.75) is 32.9 Å². The van der Waals surface area contributed by atoms with Crippen LogP contribution in [-0.4, -0.2) is 19.8 Å². The van der Waals surface area contributed by atoms with Gasteiger partial charge in [0, 0.05) is 18.2 Å². The number of hydrogen-bond donors (Lipinski definition) is 1. The van der Waals surface area contributed by atoms with Crippen molar-refractivity contribution in [1.29, 1.82) is 0 Å². The zero-order chi connectivity index (χ0) is 12.3. The van der Waals surface area contributed by atoms with Crippen LogP contribution in [0.5, 0.6) is 11.5 Å². The minimum absolute atomic E-state index is 0.660. The highest BCUT2D eigenvalue weighted by Crippen LogP contribution is 2.33. The van der Waals surface area contributed by atoms with E-state index in [-0.39, 0.29) is 0 Å². The maximum Gasteiger partial charge on any atom is 0.165 e. The predicted octanol–water partition coefficient (Wildman–Crippen LogP) is 2.59. The zero-order valence-corrected chi connectivity index (χ0v) is 10.8. The highest BCUT2D eigenvalue weighted by Gasteiger charge is 2.31. The van der Waals surface area contributed by atoms with Crippen molar-refractivity contribution in [3.63, 3.8) is 0 Å². The van der Waals surface area contributed by atoms with E-state index in [0.29, 0.717) is 12.6 Å². The topological polar surface area (TPSA) is 30.5 Å². The van der Waals surface area contributed by atoms with Gasteiger partial charge in [0.25, 0.3) is 0 Å². The molecular formula is C14H21NO2. The summed E-state index contributed by atoms with van der Waals surface area (Å²) in [6.07, 6.45) is 1.29. The number of nitrogens with one attached hydrogen (secondary N) is 1. The molecule has 3 nitrogen and oxygen atoms in total. The Kier molecular flexibility index (Phi) is 3.89. The molecule has 0 aromatic heterocycles. The minimum Gasteiger partial charge on any atom is -0.493 e. The van der Waals surface area contributed by atoms with Crippen LogP contribution >= 0.6 is 0 Å². The Hall–Kier alpha value is -1.22. The molecule has 94 valence electrons. The highest BCUT2D eigenvalue weighted by atomic mass is 16.5. The molecule has 2 atom stereocenters. The van der Waals surface area contributed by atoms with Crippen LogP contribution in [0.4, 0.5) is 0 Å². The number of hydrogen-bond acceptors (Lipinski definition) is 3. The van der Waals surface area contributed by atoms with Crippen molar-refractivity contribution >= 4 is 0 Å². The molecule has 0 amide bonds. The maximum absolute atomic E-state index is 5.56. The monoisotopic (exact) mass is 235 g/mol. The molecule has 1 aliphatic rings. The van der Waals surface area contributed by atoms with E-state index in [2.05, 4.69) is 18.3 Å². The largest absolute Gasteiger partial charge is 0.493 e. The summed E-state index contributed by atoms with van der Waals surface area (Å²) in [6, 6.07) is 6.73. The molecule has 1 fully saturated rings. The summed E-state index contributed by atoms with van der Waals surface area (Å²) in [4.78, 5) is 0. The number of benzene rings is 1. The molecule has 0 bridgehead atoms. The minimum atomic E-state index is 0.660. The van der Waals surface area contributed by atoms with Gasteiger partial charge in [0.1, 0.15) is 0 Å². The molecule has 0 saturated heterocycles. The third-order valence-electron chi connectivity index (χ3n) is 3.23. The predicted molar refractivity (Wildman–Crippen MR) is 68.6 cm³/mol. The fraction of sp³-hybridized carbons (Fsp3) is 0.571. The molecule has 0 radical (unpaired) electrons. The molecule has 1 aromatic carbocycles. The van der Waals surface area contributed by atoms with Crippen molar-refractivity contribution in [3.05, 3.63) is 23.8 Å². The zero-order valence-electron chi connectivity index (χ0n) is 10.8. The van der Waals surface area contributed by atoms with E-state index < -0.39 is 0 Å². The molecule has 1 saturated carbocycles. The molecule has 17 heavy (non-hydrogen) atoms. The lowest BCUT2D eigenvalue weighted by molar-refractivity contribution is 0.308. The van der Waals surface area contributed by atoms with E-state index in [9.17, 15) is 0 Å². The molecule has 0 heterocycles. The first-order chi connectivity index (χ1) is 8.26. The van der Waals surface area contributed by atoms with Crippen molar-refractivity contribution in [2.75, 3.05) is 13.7 Å². The molecule has 0 spiro atoms. The lowest BCUT2D eigenvalue weighted by Crippen LogP contribution is -2.17. The van der Waals surface area contributed by atoms with Gasteiger partial charge in [-0.1, -0.05) is 19.1 Å². The quantitative estimate of drug-likeness (QED) is 0.822. The van der Waals surface area contributed by atoms with Crippen LogP contribution in [-0.2, 0) is 6.54 Å². The van der Waals surface area contributed by atoms with Gasteiger partial charge in [-0.15, -0.1) is 0 Å². The van der Waals surface area contributed by atoms with Gasteiger partial charge in [-0.05, 0) is 25.3 Å². The van der Waals surface area contributed by atoms with Crippen LogP contribution in [0.25, 0.3) is 0 Å². The average molecular weight is 235 g/mol. The summed E-state index contributed by atoms with van der Waals surface area (Å²) >= 11 is 0. The average Bonchev–Trinajstić information content (AvgIpc) is 3.03. The Morgan fingerprint density at radius 2 is 2.18 bits per heavy atom. The van der Waals surface area contributed by atoms with E-state index in [1.54, 1.807) is 7.11 Å². The molecule has 1 N–H and O–H groups in total.